The molecular formula is C8H12N3. The van der Waals surface area contributed by atoms with E-state index in [1.54, 1.807) is 0 Å². The second-order valence-corrected chi connectivity index (χ2v) is 2.74. The quantitative estimate of drug-likeness (QED) is 0.597. The van der Waals surface area contributed by atoms with E-state index in [4.69, 9.17) is 0 Å². The molecule has 0 saturated carbocycles. The second kappa shape index (κ2) is 2.86. The molecule has 0 aliphatic rings. The van der Waals surface area contributed by atoms with Crippen molar-refractivity contribution in [2.24, 2.45) is 0 Å². The number of aryl methyl sites for hydroxylation is 2. The SMILES string of the molecule is Cc1[c]nc(N(C)C)nc1C. The molecular weight excluding hydrogens is 138 g/mol. The van der Waals surface area contributed by atoms with Gasteiger partial charge in [-0.2, -0.15) is 0 Å². The van der Waals surface area contributed by atoms with Crippen molar-refractivity contribution in [1.82, 2.24) is 9.97 Å². The largest absolute Gasteiger partial charge is 0.347 e. The molecule has 1 heterocycles. The maximum Gasteiger partial charge on any atom is 0.225 e. The number of rotatable bonds is 1. The van der Waals surface area contributed by atoms with Crippen LogP contribution >= 0.6 is 0 Å². The van der Waals surface area contributed by atoms with E-state index in [-0.39, 0.29) is 0 Å². The van der Waals surface area contributed by atoms with Crippen molar-refractivity contribution in [3.8, 4) is 0 Å². The molecule has 0 amide bonds. The first-order valence-electron chi connectivity index (χ1n) is 3.51. The summed E-state index contributed by atoms with van der Waals surface area (Å²) < 4.78 is 0. The second-order valence-electron chi connectivity index (χ2n) is 2.74. The normalized spacial score (nSPS) is 9.82. The molecule has 0 spiro atoms. The molecule has 0 aromatic carbocycles. The monoisotopic (exact) mass is 150 g/mol. The molecule has 59 valence electrons. The average Bonchev–Trinajstić information content (AvgIpc) is 1.94. The van der Waals surface area contributed by atoms with E-state index >= 15 is 0 Å². The summed E-state index contributed by atoms with van der Waals surface area (Å²) in [5.74, 6) is 0.716. The molecule has 0 bridgehead atoms. The Hall–Kier alpha value is -1.12. The van der Waals surface area contributed by atoms with E-state index in [1.165, 1.54) is 0 Å². The Morgan fingerprint density at radius 2 is 1.91 bits per heavy atom. The highest BCUT2D eigenvalue weighted by atomic mass is 15.2. The minimum atomic E-state index is 0.716. The van der Waals surface area contributed by atoms with Crippen LogP contribution in [0.25, 0.3) is 0 Å². The first-order chi connectivity index (χ1) is 5.11. The van der Waals surface area contributed by atoms with Crippen LogP contribution in [0.15, 0.2) is 0 Å². The van der Waals surface area contributed by atoms with Gasteiger partial charge in [-0.3, -0.25) is 0 Å². The van der Waals surface area contributed by atoms with E-state index in [0.717, 1.165) is 11.3 Å². The van der Waals surface area contributed by atoms with Crippen molar-refractivity contribution < 1.29 is 0 Å². The lowest BCUT2D eigenvalue weighted by atomic mass is 10.3. The molecule has 1 aromatic rings. The zero-order valence-electron chi connectivity index (χ0n) is 7.34. The predicted molar refractivity (Wildman–Crippen MR) is 44.7 cm³/mol. The molecule has 0 unspecified atom stereocenters. The topological polar surface area (TPSA) is 29.0 Å². The van der Waals surface area contributed by atoms with Crippen LogP contribution in [0, 0.1) is 20.0 Å². The van der Waals surface area contributed by atoms with Gasteiger partial charge in [-0.05, 0) is 19.4 Å². The van der Waals surface area contributed by atoms with Crippen molar-refractivity contribution in [1.29, 1.82) is 0 Å². The van der Waals surface area contributed by atoms with Crippen LogP contribution < -0.4 is 4.90 Å². The highest BCUT2D eigenvalue weighted by Gasteiger charge is 2.00. The third kappa shape index (κ3) is 1.67. The van der Waals surface area contributed by atoms with Gasteiger partial charge in [0.15, 0.2) is 0 Å². The van der Waals surface area contributed by atoms with E-state index in [1.807, 2.05) is 32.8 Å². The molecule has 11 heavy (non-hydrogen) atoms. The first-order valence-corrected chi connectivity index (χ1v) is 3.51. The molecule has 3 heteroatoms. The van der Waals surface area contributed by atoms with Crippen LogP contribution in [0.5, 0.6) is 0 Å². The number of anilines is 1. The zero-order valence-corrected chi connectivity index (χ0v) is 7.34. The van der Waals surface area contributed by atoms with Gasteiger partial charge in [0.25, 0.3) is 0 Å². The zero-order chi connectivity index (χ0) is 8.43. The van der Waals surface area contributed by atoms with Gasteiger partial charge in [-0.25, -0.2) is 9.97 Å². The van der Waals surface area contributed by atoms with Gasteiger partial charge in [0, 0.05) is 19.8 Å². The molecule has 0 aliphatic heterocycles. The summed E-state index contributed by atoms with van der Waals surface area (Å²) in [7, 11) is 3.83. The van der Waals surface area contributed by atoms with Crippen molar-refractivity contribution >= 4 is 5.95 Å². The van der Waals surface area contributed by atoms with Crippen LogP contribution in [0.3, 0.4) is 0 Å². The van der Waals surface area contributed by atoms with Crippen molar-refractivity contribution in [2.75, 3.05) is 19.0 Å². The van der Waals surface area contributed by atoms with Crippen LogP contribution in [0.4, 0.5) is 5.95 Å². The van der Waals surface area contributed by atoms with Crippen molar-refractivity contribution in [3.05, 3.63) is 17.5 Å². The first kappa shape index (κ1) is 7.98. The Morgan fingerprint density at radius 1 is 1.27 bits per heavy atom. The minimum absolute atomic E-state index is 0.716. The van der Waals surface area contributed by atoms with Gasteiger partial charge in [0.2, 0.25) is 5.95 Å². The number of hydrogen-bond donors (Lipinski definition) is 0. The highest BCUT2D eigenvalue weighted by Crippen LogP contribution is 2.05. The van der Waals surface area contributed by atoms with Gasteiger partial charge in [0.1, 0.15) is 0 Å². The number of aromatic nitrogens is 2. The van der Waals surface area contributed by atoms with Crippen molar-refractivity contribution in [3.63, 3.8) is 0 Å². The molecule has 3 nitrogen and oxygen atoms in total. The van der Waals surface area contributed by atoms with E-state index in [2.05, 4.69) is 16.2 Å². The lowest BCUT2D eigenvalue weighted by molar-refractivity contribution is 0.959. The Labute approximate surface area is 67.1 Å². The summed E-state index contributed by atoms with van der Waals surface area (Å²) in [4.78, 5) is 10.1. The molecule has 0 saturated heterocycles. The van der Waals surface area contributed by atoms with Gasteiger partial charge in [-0.15, -0.1) is 0 Å². The fourth-order valence-corrected chi connectivity index (χ4v) is 0.674. The van der Waals surface area contributed by atoms with E-state index in [0.29, 0.717) is 5.95 Å². The standard InChI is InChI=1S/C8H12N3/c1-6-5-9-8(11(3)4)10-7(6)2/h1-4H3. The average molecular weight is 150 g/mol. The third-order valence-electron chi connectivity index (χ3n) is 1.53. The fraction of sp³-hybridized carbons (Fsp3) is 0.500. The Balaban J connectivity index is 3.05. The van der Waals surface area contributed by atoms with Crippen molar-refractivity contribution in [2.45, 2.75) is 13.8 Å². The number of hydrogen-bond acceptors (Lipinski definition) is 3. The van der Waals surface area contributed by atoms with Crippen LogP contribution in [-0.4, -0.2) is 24.1 Å². The Morgan fingerprint density at radius 3 is 2.36 bits per heavy atom. The third-order valence-corrected chi connectivity index (χ3v) is 1.53. The van der Waals surface area contributed by atoms with Gasteiger partial charge < -0.3 is 4.90 Å². The highest BCUT2D eigenvalue weighted by molar-refractivity contribution is 5.29. The van der Waals surface area contributed by atoms with E-state index in [9.17, 15) is 0 Å². The van der Waals surface area contributed by atoms with Crippen LogP contribution in [-0.2, 0) is 0 Å². The summed E-state index contributed by atoms with van der Waals surface area (Å²) in [5, 5.41) is 0. The molecule has 0 atom stereocenters. The maximum absolute atomic E-state index is 4.26. The minimum Gasteiger partial charge on any atom is -0.347 e. The lowest BCUT2D eigenvalue weighted by Crippen LogP contribution is -2.13. The maximum atomic E-state index is 4.26. The Kier molecular flexibility index (Phi) is 2.08. The molecule has 0 N–H and O–H groups in total. The summed E-state index contributed by atoms with van der Waals surface area (Å²) in [5.41, 5.74) is 2.00. The molecule has 0 fully saturated rings. The smallest absolute Gasteiger partial charge is 0.225 e. The summed E-state index contributed by atoms with van der Waals surface area (Å²) >= 11 is 0. The van der Waals surface area contributed by atoms with Gasteiger partial charge in [-0.1, -0.05) is 0 Å². The molecule has 1 aromatic heterocycles. The summed E-state index contributed by atoms with van der Waals surface area (Å²) in [6.07, 6.45) is 2.90. The fourth-order valence-electron chi connectivity index (χ4n) is 0.674. The number of nitrogens with zero attached hydrogens (tertiary/aromatic N) is 3. The van der Waals surface area contributed by atoms with E-state index < -0.39 is 0 Å². The molecule has 1 radical (unpaired) electrons. The predicted octanol–water partition coefficient (Wildman–Crippen LogP) is 0.960. The van der Waals surface area contributed by atoms with Crippen LogP contribution in [0.1, 0.15) is 11.3 Å². The lowest BCUT2D eigenvalue weighted by Gasteiger charge is -2.09. The Bertz CT molecular complexity index is 256. The molecule has 1 rings (SSSR count). The van der Waals surface area contributed by atoms with Crippen LogP contribution in [0.2, 0.25) is 0 Å². The van der Waals surface area contributed by atoms with Gasteiger partial charge >= 0.3 is 0 Å². The summed E-state index contributed by atoms with van der Waals surface area (Å²) in [6.45, 7) is 3.91. The summed E-state index contributed by atoms with van der Waals surface area (Å²) in [6, 6.07) is 0. The van der Waals surface area contributed by atoms with Gasteiger partial charge in [0.05, 0.1) is 6.20 Å². The molecule has 0 aliphatic carbocycles.